The fourth-order valence-corrected chi connectivity index (χ4v) is 4.35. The van der Waals surface area contributed by atoms with Gasteiger partial charge in [0.05, 0.1) is 0 Å². The highest BCUT2D eigenvalue weighted by Gasteiger charge is 2.29. The standard InChI is InChI=1S/C30H43N7O8/c1-19(2)26(36-23(38)9-5-4-6-17-37-24(39)14-15-25(37)40)28(42)35-22(8-7-16-33-29(31)43)27(41)34-21-12-10-20(11-13-21)18-45-30(44)32-3/h10-15,19,22,26H,4-9,16-18H2,1-3H3,(H,32,44)(H,34,41)(H,35,42)(H,36,38)(H3,31,33,43)/t22-,26-/m0/s1. The van der Waals surface area contributed by atoms with Crippen LogP contribution in [-0.2, 0) is 35.3 Å². The maximum absolute atomic E-state index is 13.3. The van der Waals surface area contributed by atoms with Crippen molar-refractivity contribution in [1.29, 1.82) is 0 Å². The summed E-state index contributed by atoms with van der Waals surface area (Å²) in [7, 11) is 1.45. The van der Waals surface area contributed by atoms with Crippen molar-refractivity contribution in [1.82, 2.24) is 26.2 Å². The second-order valence-corrected chi connectivity index (χ2v) is 10.8. The number of anilines is 1. The number of urea groups is 1. The number of amides is 8. The van der Waals surface area contributed by atoms with E-state index >= 15 is 0 Å². The molecule has 1 aliphatic heterocycles. The molecular weight excluding hydrogens is 586 g/mol. The number of carbonyl (C=O) groups is 7. The minimum absolute atomic E-state index is 0.0418. The fraction of sp³-hybridized carbons (Fsp3) is 0.500. The third-order valence-corrected chi connectivity index (χ3v) is 6.85. The summed E-state index contributed by atoms with van der Waals surface area (Å²) in [5.74, 6) is -2.37. The number of unbranched alkanes of at least 4 members (excludes halogenated alkanes) is 2. The maximum Gasteiger partial charge on any atom is 0.407 e. The zero-order valence-electron chi connectivity index (χ0n) is 25.9. The molecule has 0 aromatic heterocycles. The smallest absolute Gasteiger partial charge is 0.407 e. The van der Waals surface area contributed by atoms with Crippen molar-refractivity contribution in [2.75, 3.05) is 25.5 Å². The van der Waals surface area contributed by atoms with Crippen molar-refractivity contribution in [2.24, 2.45) is 11.7 Å². The summed E-state index contributed by atoms with van der Waals surface area (Å²) in [5.41, 5.74) is 6.26. The lowest BCUT2D eigenvalue weighted by atomic mass is 10.0. The molecule has 0 saturated carbocycles. The normalized spacial score (nSPS) is 13.6. The van der Waals surface area contributed by atoms with Gasteiger partial charge < -0.3 is 37.1 Å². The second-order valence-electron chi connectivity index (χ2n) is 10.8. The quantitative estimate of drug-likeness (QED) is 0.102. The molecule has 246 valence electrons. The molecule has 15 nitrogen and oxygen atoms in total. The molecule has 8 amide bonds. The van der Waals surface area contributed by atoms with Gasteiger partial charge >= 0.3 is 12.1 Å². The van der Waals surface area contributed by atoms with Crippen molar-refractivity contribution in [3.8, 4) is 0 Å². The third-order valence-electron chi connectivity index (χ3n) is 6.85. The number of hydrogen-bond donors (Lipinski definition) is 6. The van der Waals surface area contributed by atoms with Crippen LogP contribution in [0.3, 0.4) is 0 Å². The molecule has 7 N–H and O–H groups in total. The lowest BCUT2D eigenvalue weighted by molar-refractivity contribution is -0.137. The zero-order valence-corrected chi connectivity index (χ0v) is 25.9. The Labute approximate surface area is 262 Å². The third kappa shape index (κ3) is 13.1. The first kappa shape index (κ1) is 36.2. The Morgan fingerprint density at radius 1 is 0.889 bits per heavy atom. The van der Waals surface area contributed by atoms with Crippen molar-refractivity contribution < 1.29 is 38.3 Å². The van der Waals surface area contributed by atoms with E-state index in [4.69, 9.17) is 10.5 Å². The van der Waals surface area contributed by atoms with Gasteiger partial charge in [0.25, 0.3) is 11.8 Å². The monoisotopic (exact) mass is 629 g/mol. The summed E-state index contributed by atoms with van der Waals surface area (Å²) in [6.07, 6.45) is 4.18. The summed E-state index contributed by atoms with van der Waals surface area (Å²) >= 11 is 0. The van der Waals surface area contributed by atoms with Crippen LogP contribution in [0.5, 0.6) is 0 Å². The number of nitrogens with zero attached hydrogens (tertiary/aromatic N) is 1. The van der Waals surface area contributed by atoms with Gasteiger partial charge in [-0.15, -0.1) is 0 Å². The van der Waals surface area contributed by atoms with Gasteiger partial charge in [-0.25, -0.2) is 9.59 Å². The number of rotatable bonds is 18. The number of benzene rings is 1. The van der Waals surface area contributed by atoms with Gasteiger partial charge in [0.2, 0.25) is 17.7 Å². The number of alkyl carbamates (subject to hydrolysis) is 1. The van der Waals surface area contributed by atoms with Crippen LogP contribution in [0, 0.1) is 5.92 Å². The summed E-state index contributed by atoms with van der Waals surface area (Å²) in [4.78, 5) is 85.9. The van der Waals surface area contributed by atoms with Gasteiger partial charge in [-0.3, -0.25) is 28.9 Å². The van der Waals surface area contributed by atoms with E-state index in [9.17, 15) is 33.6 Å². The van der Waals surface area contributed by atoms with Crippen LogP contribution in [0.2, 0.25) is 0 Å². The first-order valence-corrected chi connectivity index (χ1v) is 14.8. The van der Waals surface area contributed by atoms with E-state index < -0.39 is 36.0 Å². The average Bonchev–Trinajstić information content (AvgIpc) is 3.32. The van der Waals surface area contributed by atoms with E-state index in [1.165, 1.54) is 19.2 Å². The van der Waals surface area contributed by atoms with Crippen LogP contribution in [0.4, 0.5) is 15.3 Å². The van der Waals surface area contributed by atoms with Crippen molar-refractivity contribution >= 4 is 47.3 Å². The fourth-order valence-electron chi connectivity index (χ4n) is 4.35. The van der Waals surface area contributed by atoms with E-state index in [1.807, 2.05) is 0 Å². The highest BCUT2D eigenvalue weighted by Crippen LogP contribution is 2.13. The lowest BCUT2D eigenvalue weighted by Crippen LogP contribution is -2.54. The molecule has 1 aromatic carbocycles. The molecule has 1 heterocycles. The van der Waals surface area contributed by atoms with Gasteiger partial charge in [-0.1, -0.05) is 32.4 Å². The Morgan fingerprint density at radius 3 is 2.16 bits per heavy atom. The van der Waals surface area contributed by atoms with Gasteiger partial charge in [0, 0.05) is 44.4 Å². The predicted molar refractivity (Wildman–Crippen MR) is 164 cm³/mol. The van der Waals surface area contributed by atoms with Gasteiger partial charge in [0.1, 0.15) is 18.7 Å². The Morgan fingerprint density at radius 2 is 1.56 bits per heavy atom. The molecule has 0 bridgehead atoms. The van der Waals surface area contributed by atoms with Crippen molar-refractivity contribution in [2.45, 2.75) is 71.1 Å². The minimum Gasteiger partial charge on any atom is -0.445 e. The van der Waals surface area contributed by atoms with E-state index in [0.717, 1.165) is 4.90 Å². The van der Waals surface area contributed by atoms with Crippen molar-refractivity contribution in [3.63, 3.8) is 0 Å². The first-order valence-electron chi connectivity index (χ1n) is 14.8. The maximum atomic E-state index is 13.3. The molecule has 1 aromatic rings. The number of carbonyl (C=O) groups excluding carboxylic acids is 7. The Bertz CT molecular complexity index is 1230. The number of imide groups is 1. The van der Waals surface area contributed by atoms with Gasteiger partial charge in [0.15, 0.2) is 0 Å². The molecular formula is C30H43N7O8. The van der Waals surface area contributed by atoms with E-state index in [0.29, 0.717) is 36.9 Å². The SMILES string of the molecule is CNC(=O)OCc1ccc(NC(=O)[C@H](CCCNC(N)=O)NC(=O)[C@@H](NC(=O)CCCCCN2C(=O)C=CC2=O)C(C)C)cc1. The highest BCUT2D eigenvalue weighted by atomic mass is 16.5. The molecule has 45 heavy (non-hydrogen) atoms. The Balaban J connectivity index is 1.94. The number of ether oxygens (including phenoxy) is 1. The topological polar surface area (TPSA) is 218 Å². The number of hydrogen-bond acceptors (Lipinski definition) is 8. The van der Waals surface area contributed by atoms with Gasteiger partial charge in [-0.2, -0.15) is 0 Å². The van der Waals surface area contributed by atoms with E-state index in [2.05, 4.69) is 26.6 Å². The number of nitrogens with two attached hydrogens (primary N) is 1. The second kappa shape index (κ2) is 18.7. The summed E-state index contributed by atoms with van der Waals surface area (Å²) in [5, 5.41) is 13.0. The highest BCUT2D eigenvalue weighted by molar-refractivity contribution is 6.12. The molecule has 2 rings (SSSR count). The van der Waals surface area contributed by atoms with Crippen LogP contribution in [0.1, 0.15) is 57.9 Å². The summed E-state index contributed by atoms with van der Waals surface area (Å²) in [6.45, 7) is 4.04. The van der Waals surface area contributed by atoms with E-state index in [1.54, 1.807) is 38.1 Å². The summed E-state index contributed by atoms with van der Waals surface area (Å²) < 4.78 is 5.00. The van der Waals surface area contributed by atoms with Crippen LogP contribution >= 0.6 is 0 Å². The van der Waals surface area contributed by atoms with Crippen molar-refractivity contribution in [3.05, 3.63) is 42.0 Å². The minimum atomic E-state index is -0.993. The zero-order chi connectivity index (χ0) is 33.4. The Hall–Kier alpha value is -4.95. The molecule has 0 radical (unpaired) electrons. The first-order chi connectivity index (χ1) is 21.4. The van der Waals surface area contributed by atoms with Crippen LogP contribution < -0.4 is 32.3 Å². The summed E-state index contributed by atoms with van der Waals surface area (Å²) in [6, 6.07) is 3.99. The van der Waals surface area contributed by atoms with Crippen LogP contribution in [0.25, 0.3) is 0 Å². The van der Waals surface area contributed by atoms with E-state index in [-0.39, 0.29) is 56.2 Å². The lowest BCUT2D eigenvalue weighted by Gasteiger charge is -2.25. The largest absolute Gasteiger partial charge is 0.445 e. The number of nitrogens with one attached hydrogen (secondary N) is 5. The molecule has 2 atom stereocenters. The van der Waals surface area contributed by atoms with Crippen LogP contribution in [-0.4, -0.2) is 78.8 Å². The molecule has 15 heteroatoms. The van der Waals surface area contributed by atoms with Crippen LogP contribution in [0.15, 0.2) is 36.4 Å². The molecule has 0 unspecified atom stereocenters. The molecule has 0 saturated heterocycles. The van der Waals surface area contributed by atoms with Gasteiger partial charge in [-0.05, 0) is 49.3 Å². The molecule has 1 aliphatic rings. The molecule has 0 fully saturated rings. The predicted octanol–water partition coefficient (Wildman–Crippen LogP) is 1.04. The molecule has 0 aliphatic carbocycles. The average molecular weight is 630 g/mol. The molecule has 0 spiro atoms. The number of primary amides is 1. The Kier molecular flexibility index (Phi) is 15.0.